The van der Waals surface area contributed by atoms with Gasteiger partial charge in [0.15, 0.2) is 5.60 Å². The number of rotatable bonds is 13. The van der Waals surface area contributed by atoms with Crippen molar-refractivity contribution in [1.29, 1.82) is 0 Å². The number of aromatic nitrogens is 3. The maximum Gasteiger partial charge on any atom is 0.270 e. The molecule has 4 aromatic carbocycles. The number of carbonyl (C=O) groups is 2. The number of para-hydroxylation sites is 4. The number of hydrogen-bond donors (Lipinski definition) is 4. The monoisotopic (exact) mass is 784 g/mol. The molecule has 0 fully saturated rings. The summed E-state index contributed by atoms with van der Waals surface area (Å²) in [4.78, 5) is 40.9. The van der Waals surface area contributed by atoms with Crippen LogP contribution in [0.15, 0.2) is 151 Å². The highest BCUT2D eigenvalue weighted by atomic mass is 16.5. The minimum atomic E-state index is -1.87. The number of ketones is 1. The number of aliphatic hydroxyl groups is 1. The average Bonchev–Trinajstić information content (AvgIpc) is 4.13. The highest BCUT2D eigenvalue weighted by molar-refractivity contribution is 6.35. The Morgan fingerprint density at radius 2 is 1.00 bits per heavy atom. The largest absolute Gasteiger partial charge is 0.496 e. The lowest BCUT2D eigenvalue weighted by Gasteiger charge is -2.29. The van der Waals surface area contributed by atoms with E-state index in [9.17, 15) is 14.7 Å². The molecule has 11 heteroatoms. The molecular weight excluding hydrogens is 745 g/mol. The van der Waals surface area contributed by atoms with Crippen LogP contribution >= 0.6 is 0 Å². The van der Waals surface area contributed by atoms with Crippen molar-refractivity contribution in [2.24, 2.45) is 4.99 Å². The molecule has 1 amide bonds. The summed E-state index contributed by atoms with van der Waals surface area (Å²) in [7, 11) is 6.27. The van der Waals surface area contributed by atoms with Crippen molar-refractivity contribution in [1.82, 2.24) is 15.0 Å². The fraction of sp³-hybridized carbons (Fsp3) is 0.104. The van der Waals surface area contributed by atoms with E-state index in [4.69, 9.17) is 18.9 Å². The molecule has 294 valence electrons. The number of allylic oxidation sites excluding steroid dienone is 1. The number of aromatic amines is 3. The van der Waals surface area contributed by atoms with E-state index in [-0.39, 0.29) is 17.4 Å². The predicted octanol–water partition coefficient (Wildman–Crippen LogP) is 6.20. The number of hydrogen-bond acceptors (Lipinski definition) is 7. The van der Waals surface area contributed by atoms with E-state index in [1.165, 1.54) is 13.2 Å². The maximum atomic E-state index is 13.8. The number of aliphatic imine (C=N–C) groups is 1. The van der Waals surface area contributed by atoms with Crippen LogP contribution in [0.2, 0.25) is 0 Å². The van der Waals surface area contributed by atoms with Crippen LogP contribution in [0.1, 0.15) is 49.8 Å². The van der Waals surface area contributed by atoms with E-state index >= 15 is 0 Å². The molecular formula is C48H40N4O7. The Morgan fingerprint density at radius 1 is 0.525 bits per heavy atom. The zero-order valence-electron chi connectivity index (χ0n) is 32.7. The number of H-pyrrole nitrogens is 3. The Morgan fingerprint density at radius 3 is 1.58 bits per heavy atom. The molecule has 59 heavy (non-hydrogen) atoms. The van der Waals surface area contributed by atoms with E-state index in [2.05, 4.69) is 19.9 Å². The molecule has 1 aliphatic heterocycles. The van der Waals surface area contributed by atoms with Gasteiger partial charge in [0.25, 0.3) is 5.91 Å². The number of methoxy groups -OCH3 is 4. The van der Waals surface area contributed by atoms with Crippen molar-refractivity contribution < 1.29 is 33.6 Å². The topological polar surface area (TPSA) is 151 Å². The average molecular weight is 785 g/mol. The van der Waals surface area contributed by atoms with Gasteiger partial charge in [0.05, 0.1) is 56.8 Å². The van der Waals surface area contributed by atoms with E-state index in [1.807, 2.05) is 78.9 Å². The first-order valence-electron chi connectivity index (χ1n) is 18.7. The summed E-state index contributed by atoms with van der Waals surface area (Å²) in [6, 6.07) is 40.3. The minimum absolute atomic E-state index is 0.260. The molecule has 3 aromatic heterocycles. The number of nitrogens with one attached hydrogen (secondary N) is 3. The Balaban J connectivity index is 1.35. The lowest BCUT2D eigenvalue weighted by Crippen LogP contribution is -2.30. The van der Waals surface area contributed by atoms with E-state index in [0.29, 0.717) is 73.2 Å². The summed E-state index contributed by atoms with van der Waals surface area (Å²) >= 11 is 0. The van der Waals surface area contributed by atoms with Gasteiger partial charge in [-0.2, -0.15) is 0 Å². The fourth-order valence-electron chi connectivity index (χ4n) is 7.57. The smallest absolute Gasteiger partial charge is 0.270 e. The summed E-state index contributed by atoms with van der Waals surface area (Å²) < 4.78 is 22.9. The van der Waals surface area contributed by atoms with Crippen LogP contribution in [0.25, 0.3) is 11.1 Å². The van der Waals surface area contributed by atoms with Gasteiger partial charge in [-0.1, -0.05) is 66.7 Å². The SMILES string of the molecule is COc1ccccc1C(=O)c1ccc(C(O)(c2ccc(/C(c3ccccc3OC)=c3/cc/c(=C(/C4=NC(=O)C=C4)c4ccccc4OC)[nH]3)[nH]2)c2ccccc2OC)[nH]1. The van der Waals surface area contributed by atoms with Gasteiger partial charge >= 0.3 is 0 Å². The Bertz CT molecular complexity index is 2910. The number of nitrogens with zero attached hydrogens (tertiary/aromatic N) is 1. The van der Waals surface area contributed by atoms with Crippen molar-refractivity contribution in [2.45, 2.75) is 5.60 Å². The Kier molecular flexibility index (Phi) is 10.4. The lowest BCUT2D eigenvalue weighted by atomic mass is 9.86. The van der Waals surface area contributed by atoms with Gasteiger partial charge in [-0.3, -0.25) is 9.59 Å². The quantitative estimate of drug-likeness (QED) is 0.102. The minimum Gasteiger partial charge on any atom is -0.496 e. The third-order valence-corrected chi connectivity index (χ3v) is 10.4. The van der Waals surface area contributed by atoms with Gasteiger partial charge in [0, 0.05) is 50.3 Å². The molecule has 0 radical (unpaired) electrons. The summed E-state index contributed by atoms with van der Waals surface area (Å²) in [5, 5.41) is 14.5. The second-order valence-electron chi connectivity index (χ2n) is 13.6. The van der Waals surface area contributed by atoms with Gasteiger partial charge < -0.3 is 39.0 Å². The summed E-state index contributed by atoms with van der Waals surface area (Å²) in [6.45, 7) is 0. The fourth-order valence-corrected chi connectivity index (χ4v) is 7.57. The van der Waals surface area contributed by atoms with Crippen LogP contribution in [0.4, 0.5) is 0 Å². The molecule has 7 aromatic rings. The Labute approximate surface area is 339 Å². The third-order valence-electron chi connectivity index (χ3n) is 10.4. The van der Waals surface area contributed by atoms with Crippen LogP contribution in [0, 0.1) is 0 Å². The lowest BCUT2D eigenvalue weighted by molar-refractivity contribution is -0.113. The molecule has 0 saturated carbocycles. The molecule has 0 saturated heterocycles. The summed E-state index contributed by atoms with van der Waals surface area (Å²) in [5.41, 5.74) is 3.95. The predicted molar refractivity (Wildman–Crippen MR) is 225 cm³/mol. The van der Waals surface area contributed by atoms with Gasteiger partial charge in [-0.05, 0) is 72.8 Å². The third kappa shape index (κ3) is 6.93. The normalized spacial score (nSPS) is 14.3. The molecule has 1 atom stereocenters. The van der Waals surface area contributed by atoms with Crippen LogP contribution < -0.4 is 29.6 Å². The van der Waals surface area contributed by atoms with Crippen molar-refractivity contribution in [3.8, 4) is 23.0 Å². The molecule has 1 unspecified atom stereocenters. The van der Waals surface area contributed by atoms with Crippen molar-refractivity contribution in [3.63, 3.8) is 0 Å². The van der Waals surface area contributed by atoms with Gasteiger partial charge in [0.1, 0.15) is 23.0 Å². The number of benzene rings is 4. The zero-order chi connectivity index (χ0) is 41.1. The second-order valence-corrected chi connectivity index (χ2v) is 13.6. The first-order chi connectivity index (χ1) is 28.8. The maximum absolute atomic E-state index is 13.8. The summed E-state index contributed by atoms with van der Waals surface area (Å²) in [6.07, 6.45) is 3.13. The molecule has 0 bridgehead atoms. The van der Waals surface area contributed by atoms with Crippen LogP contribution in [0.3, 0.4) is 0 Å². The van der Waals surface area contributed by atoms with Gasteiger partial charge in [-0.25, -0.2) is 4.99 Å². The number of carbonyl (C=O) groups excluding carboxylic acids is 2. The van der Waals surface area contributed by atoms with E-state index < -0.39 is 5.60 Å². The van der Waals surface area contributed by atoms with Crippen LogP contribution in [-0.2, 0) is 10.4 Å². The number of ether oxygens (including phenoxy) is 4. The first-order valence-corrected chi connectivity index (χ1v) is 18.7. The number of amides is 1. The van der Waals surface area contributed by atoms with Gasteiger partial charge in [0.2, 0.25) is 5.78 Å². The van der Waals surface area contributed by atoms with Crippen molar-refractivity contribution >= 4 is 28.5 Å². The molecule has 0 aliphatic carbocycles. The van der Waals surface area contributed by atoms with Gasteiger partial charge in [-0.15, -0.1) is 0 Å². The highest BCUT2D eigenvalue weighted by Gasteiger charge is 2.40. The van der Waals surface area contributed by atoms with E-state index in [1.54, 1.807) is 82.0 Å². The van der Waals surface area contributed by atoms with Crippen LogP contribution in [0.5, 0.6) is 23.0 Å². The molecule has 4 N–H and O–H groups in total. The Hall–Kier alpha value is -7.63. The van der Waals surface area contributed by atoms with E-state index in [0.717, 1.165) is 16.7 Å². The summed E-state index contributed by atoms with van der Waals surface area (Å²) in [5.74, 6) is 1.45. The highest BCUT2D eigenvalue weighted by Crippen LogP contribution is 2.42. The molecule has 8 rings (SSSR count). The van der Waals surface area contributed by atoms with Crippen molar-refractivity contribution in [2.75, 3.05) is 28.4 Å². The first kappa shape index (κ1) is 38.3. The molecule has 11 nitrogen and oxygen atoms in total. The second kappa shape index (κ2) is 16.1. The standard InChI is InChI=1S/C48H40N4O7/c1-56-38-17-9-5-13-29(38)45(33-21-22-34(49-33)46(36-25-28-44(53)52-36)30-14-6-10-18-39(30)57-2)35-23-26-42(50-35)48(55,32-16-8-12-20-41(32)59-4)43-27-24-37(51-43)47(54)31-15-7-11-19-40(31)58-3/h5-28,49-51,55H,1-4H3/b45-33-,46-34-. The van der Waals surface area contributed by atoms with Crippen LogP contribution in [-0.4, -0.2) is 65.9 Å². The molecule has 4 heterocycles. The molecule has 1 aliphatic rings. The molecule has 0 spiro atoms. The van der Waals surface area contributed by atoms with Crippen molar-refractivity contribution in [3.05, 3.63) is 201 Å². The zero-order valence-corrected chi connectivity index (χ0v) is 32.7.